The molecule has 1 atom stereocenters. The molecule has 5 nitrogen and oxygen atoms in total. The predicted octanol–water partition coefficient (Wildman–Crippen LogP) is 2.24. The Kier molecular flexibility index (Phi) is 3.07. The Hall–Kier alpha value is -2.83. The largest absolute Gasteiger partial charge is 0.351 e. The first-order chi connectivity index (χ1) is 11.1. The summed E-state index contributed by atoms with van der Waals surface area (Å²) in [4.78, 5) is 16.5. The molecule has 0 amide bonds. The van der Waals surface area contributed by atoms with Crippen LogP contribution in [0, 0.1) is 11.6 Å². The molecule has 0 saturated heterocycles. The molecule has 116 valence electrons. The monoisotopic (exact) mass is 314 g/mol. The van der Waals surface area contributed by atoms with Gasteiger partial charge in [0.1, 0.15) is 17.5 Å². The highest BCUT2D eigenvalue weighted by Gasteiger charge is 2.29. The summed E-state index contributed by atoms with van der Waals surface area (Å²) < 4.78 is 29.2. The van der Waals surface area contributed by atoms with Gasteiger partial charge in [0.2, 0.25) is 0 Å². The van der Waals surface area contributed by atoms with Crippen LogP contribution in [0.15, 0.2) is 47.5 Å². The van der Waals surface area contributed by atoms with Gasteiger partial charge in [-0.1, -0.05) is 0 Å². The minimum Gasteiger partial charge on any atom is -0.271 e. The van der Waals surface area contributed by atoms with Gasteiger partial charge in [-0.3, -0.25) is 9.55 Å². The number of pyridine rings is 1. The van der Waals surface area contributed by atoms with Crippen LogP contribution < -0.4 is 5.69 Å². The van der Waals surface area contributed by atoms with E-state index in [1.807, 2.05) is 0 Å². The van der Waals surface area contributed by atoms with Gasteiger partial charge in [0.05, 0.1) is 17.9 Å². The van der Waals surface area contributed by atoms with Crippen LogP contribution in [-0.4, -0.2) is 19.3 Å². The van der Waals surface area contributed by atoms with Crippen molar-refractivity contribution < 1.29 is 8.78 Å². The normalized spacial score (nSPS) is 16.5. The summed E-state index contributed by atoms with van der Waals surface area (Å²) >= 11 is 0. The molecule has 1 aromatic carbocycles. The van der Waals surface area contributed by atoms with Crippen molar-refractivity contribution in [3.05, 3.63) is 76.2 Å². The minimum absolute atomic E-state index is 0.283. The van der Waals surface area contributed by atoms with Gasteiger partial charge in [-0.25, -0.2) is 13.6 Å². The third kappa shape index (κ3) is 2.25. The van der Waals surface area contributed by atoms with Crippen molar-refractivity contribution >= 4 is 0 Å². The molecule has 4 rings (SSSR count). The van der Waals surface area contributed by atoms with Crippen LogP contribution in [-0.2, 0) is 6.42 Å². The van der Waals surface area contributed by atoms with Gasteiger partial charge >= 0.3 is 5.69 Å². The van der Waals surface area contributed by atoms with Crippen LogP contribution in [0.1, 0.15) is 23.9 Å². The van der Waals surface area contributed by atoms with Crippen molar-refractivity contribution in [2.45, 2.75) is 18.9 Å². The molecular formula is C16H12F2N4O. The summed E-state index contributed by atoms with van der Waals surface area (Å²) in [5, 5.41) is 4.32. The van der Waals surface area contributed by atoms with Gasteiger partial charge in [0.25, 0.3) is 0 Å². The number of halogens is 2. The van der Waals surface area contributed by atoms with Crippen molar-refractivity contribution in [3.8, 4) is 5.69 Å². The van der Waals surface area contributed by atoms with Crippen molar-refractivity contribution in [2.24, 2.45) is 0 Å². The number of hydrogen-bond donors (Lipinski definition) is 0. The number of rotatable bonds is 2. The van der Waals surface area contributed by atoms with Crippen molar-refractivity contribution in [3.63, 3.8) is 0 Å². The molecule has 0 saturated carbocycles. The third-order valence-corrected chi connectivity index (χ3v) is 4.02. The lowest BCUT2D eigenvalue weighted by molar-refractivity contribution is 0.569. The fourth-order valence-electron chi connectivity index (χ4n) is 2.97. The van der Waals surface area contributed by atoms with Crippen LogP contribution in [0.25, 0.3) is 5.69 Å². The third-order valence-electron chi connectivity index (χ3n) is 4.02. The van der Waals surface area contributed by atoms with E-state index in [1.165, 1.54) is 35.0 Å². The molecule has 23 heavy (non-hydrogen) atoms. The Bertz CT molecular complexity index is 930. The summed E-state index contributed by atoms with van der Waals surface area (Å²) in [7, 11) is 0. The van der Waals surface area contributed by atoms with Gasteiger partial charge in [0.15, 0.2) is 0 Å². The predicted molar refractivity (Wildman–Crippen MR) is 78.4 cm³/mol. The minimum atomic E-state index is -0.435. The summed E-state index contributed by atoms with van der Waals surface area (Å²) in [5.41, 5.74) is 0.817. The van der Waals surface area contributed by atoms with Gasteiger partial charge in [-0.2, -0.15) is 4.68 Å². The fourth-order valence-corrected chi connectivity index (χ4v) is 2.97. The molecule has 3 heterocycles. The van der Waals surface area contributed by atoms with Crippen LogP contribution >= 0.6 is 0 Å². The molecule has 1 unspecified atom stereocenters. The SMILES string of the molecule is O=c1n(-c2ccc(F)cc2)nc2n1C(c1cncc(F)c1)CC2. The fraction of sp³-hybridized carbons (Fsp3) is 0.188. The lowest BCUT2D eigenvalue weighted by Gasteiger charge is -2.11. The van der Waals surface area contributed by atoms with Gasteiger partial charge in [-0.05, 0) is 42.3 Å². The van der Waals surface area contributed by atoms with Crippen LogP contribution in [0.5, 0.6) is 0 Å². The Balaban J connectivity index is 1.81. The second kappa shape index (κ2) is 5.12. The van der Waals surface area contributed by atoms with E-state index in [9.17, 15) is 13.6 Å². The molecule has 0 fully saturated rings. The maximum atomic E-state index is 13.4. The lowest BCUT2D eigenvalue weighted by Crippen LogP contribution is -2.26. The summed E-state index contributed by atoms with van der Waals surface area (Å²) in [5.74, 6) is -0.180. The number of benzene rings is 1. The van der Waals surface area contributed by atoms with E-state index < -0.39 is 5.82 Å². The maximum absolute atomic E-state index is 13.4. The topological polar surface area (TPSA) is 52.7 Å². The van der Waals surface area contributed by atoms with Crippen molar-refractivity contribution in [1.82, 2.24) is 19.3 Å². The number of nitrogens with zero attached hydrogens (tertiary/aromatic N) is 4. The number of aryl methyl sites for hydroxylation is 1. The van der Waals surface area contributed by atoms with Crippen molar-refractivity contribution in [1.29, 1.82) is 0 Å². The molecular weight excluding hydrogens is 302 g/mol. The van der Waals surface area contributed by atoms with Gasteiger partial charge in [-0.15, -0.1) is 5.10 Å². The van der Waals surface area contributed by atoms with E-state index in [-0.39, 0.29) is 17.5 Å². The summed E-state index contributed by atoms with van der Waals surface area (Å²) in [6.45, 7) is 0. The van der Waals surface area contributed by atoms with E-state index in [0.717, 1.165) is 6.20 Å². The van der Waals surface area contributed by atoms with Gasteiger partial charge in [0, 0.05) is 12.6 Å². The second-order valence-electron chi connectivity index (χ2n) is 5.45. The molecule has 1 aliphatic rings. The van der Waals surface area contributed by atoms with Crippen LogP contribution in [0.2, 0.25) is 0 Å². The zero-order chi connectivity index (χ0) is 16.0. The molecule has 0 aliphatic carbocycles. The zero-order valence-corrected chi connectivity index (χ0v) is 12.0. The average Bonchev–Trinajstić information content (AvgIpc) is 3.09. The highest BCUT2D eigenvalue weighted by atomic mass is 19.1. The molecule has 0 spiro atoms. The standard InChI is InChI=1S/C16H12F2N4O/c17-11-1-3-13(4-2-11)22-16(23)21-14(5-6-15(21)20-22)10-7-12(18)9-19-8-10/h1-4,7-9,14H,5-6H2. The summed E-state index contributed by atoms with van der Waals surface area (Å²) in [6, 6.07) is 6.65. The van der Waals surface area contributed by atoms with Crippen LogP contribution in [0.4, 0.5) is 8.78 Å². The lowest BCUT2D eigenvalue weighted by atomic mass is 10.1. The van der Waals surface area contributed by atoms with E-state index in [0.29, 0.717) is 29.9 Å². The average molecular weight is 314 g/mol. The van der Waals surface area contributed by atoms with E-state index in [4.69, 9.17) is 0 Å². The Labute approximate surface area is 129 Å². The zero-order valence-electron chi connectivity index (χ0n) is 12.0. The van der Waals surface area contributed by atoms with E-state index in [2.05, 4.69) is 10.1 Å². The highest BCUT2D eigenvalue weighted by molar-refractivity contribution is 5.31. The molecule has 3 aromatic rings. The molecule has 1 aliphatic heterocycles. The second-order valence-corrected chi connectivity index (χ2v) is 5.45. The summed E-state index contributed by atoms with van der Waals surface area (Å²) in [6.07, 6.45) is 3.98. The highest BCUT2D eigenvalue weighted by Crippen LogP contribution is 2.29. The smallest absolute Gasteiger partial charge is 0.271 e. The Morgan fingerprint density at radius 1 is 1.09 bits per heavy atom. The van der Waals surface area contributed by atoms with Crippen LogP contribution in [0.3, 0.4) is 0 Å². The number of aromatic nitrogens is 4. The molecule has 0 N–H and O–H groups in total. The first kappa shape index (κ1) is 13.8. The molecule has 0 radical (unpaired) electrons. The van der Waals surface area contributed by atoms with Gasteiger partial charge < -0.3 is 0 Å². The van der Waals surface area contributed by atoms with E-state index >= 15 is 0 Å². The Morgan fingerprint density at radius 3 is 2.61 bits per heavy atom. The molecule has 2 aromatic heterocycles. The maximum Gasteiger partial charge on any atom is 0.351 e. The first-order valence-corrected chi connectivity index (χ1v) is 7.20. The van der Waals surface area contributed by atoms with E-state index in [1.54, 1.807) is 10.8 Å². The first-order valence-electron chi connectivity index (χ1n) is 7.20. The van der Waals surface area contributed by atoms with Crippen molar-refractivity contribution in [2.75, 3.05) is 0 Å². The number of fused-ring (bicyclic) bond motifs is 1. The Morgan fingerprint density at radius 2 is 1.87 bits per heavy atom. The molecule has 7 heteroatoms. The molecule has 0 bridgehead atoms. The quantitative estimate of drug-likeness (QED) is 0.729. The number of hydrogen-bond acceptors (Lipinski definition) is 3.